The van der Waals surface area contributed by atoms with Crippen LogP contribution in [-0.2, 0) is 0 Å². The van der Waals surface area contributed by atoms with Gasteiger partial charge >= 0.3 is 0 Å². The molecule has 1 heterocycles. The molecule has 1 aromatic heterocycles. The Morgan fingerprint density at radius 1 is 1.42 bits per heavy atom. The molecule has 0 aliphatic carbocycles. The fourth-order valence-corrected chi connectivity index (χ4v) is 1.69. The van der Waals surface area contributed by atoms with Crippen LogP contribution in [0.4, 0.5) is 17.2 Å². The van der Waals surface area contributed by atoms with E-state index in [1.807, 2.05) is 6.07 Å². The summed E-state index contributed by atoms with van der Waals surface area (Å²) in [5, 5.41) is 12.4. The van der Waals surface area contributed by atoms with Gasteiger partial charge < -0.3 is 15.8 Å². The Hall–Kier alpha value is -2.45. The summed E-state index contributed by atoms with van der Waals surface area (Å²) in [7, 11) is 1.57. The number of nitrogens with one attached hydrogen (secondary N) is 1. The number of pyridine rings is 1. The lowest BCUT2D eigenvalue weighted by Gasteiger charge is -2.11. The van der Waals surface area contributed by atoms with Crippen LogP contribution in [0.5, 0.6) is 5.75 Å². The van der Waals surface area contributed by atoms with Crippen molar-refractivity contribution in [3.05, 3.63) is 41.0 Å². The number of nitrogens with two attached hydrogens (primary N) is 1. The molecular formula is C13H11ClN4O. The Morgan fingerprint density at radius 3 is 2.89 bits per heavy atom. The van der Waals surface area contributed by atoms with E-state index in [4.69, 9.17) is 27.3 Å². The first-order valence-electron chi connectivity index (χ1n) is 5.41. The van der Waals surface area contributed by atoms with Crippen LogP contribution in [0.3, 0.4) is 0 Å². The Kier molecular flexibility index (Phi) is 3.74. The van der Waals surface area contributed by atoms with Crippen LogP contribution in [0, 0.1) is 11.3 Å². The number of anilines is 3. The summed E-state index contributed by atoms with van der Waals surface area (Å²) in [4.78, 5) is 4.09. The Morgan fingerprint density at radius 2 is 2.21 bits per heavy atom. The molecule has 6 heteroatoms. The van der Waals surface area contributed by atoms with Crippen LogP contribution < -0.4 is 15.8 Å². The Balaban J connectivity index is 2.39. The molecule has 0 atom stereocenters. The standard InChI is InChI=1S/C13H11ClN4O/c1-19-9-2-3-10(14)11(6-9)18-13-12(16)8(7-15)4-5-17-13/h2-6H,16H2,1H3,(H,17,18). The molecule has 0 saturated carbocycles. The second-order valence-electron chi connectivity index (χ2n) is 3.70. The van der Waals surface area contributed by atoms with Gasteiger partial charge in [-0.15, -0.1) is 0 Å². The molecule has 1 aromatic carbocycles. The lowest BCUT2D eigenvalue weighted by atomic mass is 10.2. The first-order chi connectivity index (χ1) is 9.15. The van der Waals surface area contributed by atoms with Crippen LogP contribution in [0.25, 0.3) is 0 Å². The number of ether oxygens (including phenoxy) is 1. The Labute approximate surface area is 115 Å². The summed E-state index contributed by atoms with van der Waals surface area (Å²) in [6, 6.07) is 8.72. The molecule has 0 fully saturated rings. The van der Waals surface area contributed by atoms with E-state index in [0.717, 1.165) is 0 Å². The van der Waals surface area contributed by atoms with Crippen LogP contribution in [-0.4, -0.2) is 12.1 Å². The first-order valence-corrected chi connectivity index (χ1v) is 5.78. The van der Waals surface area contributed by atoms with Crippen molar-refractivity contribution in [2.75, 3.05) is 18.2 Å². The fourth-order valence-electron chi connectivity index (χ4n) is 1.53. The number of hydrogen-bond acceptors (Lipinski definition) is 5. The fraction of sp³-hybridized carbons (Fsp3) is 0.0769. The maximum absolute atomic E-state index is 8.91. The summed E-state index contributed by atoms with van der Waals surface area (Å²) in [6.07, 6.45) is 1.51. The minimum atomic E-state index is 0.281. The third-order valence-corrected chi connectivity index (χ3v) is 2.87. The van der Waals surface area contributed by atoms with E-state index in [0.29, 0.717) is 27.8 Å². The number of hydrogen-bond donors (Lipinski definition) is 2. The quantitative estimate of drug-likeness (QED) is 0.899. The van der Waals surface area contributed by atoms with Crippen molar-refractivity contribution in [2.24, 2.45) is 0 Å². The van der Waals surface area contributed by atoms with Crippen molar-refractivity contribution < 1.29 is 4.74 Å². The number of nitrogen functional groups attached to an aromatic ring is 1. The molecule has 0 amide bonds. The van der Waals surface area contributed by atoms with Crippen LogP contribution in [0.15, 0.2) is 30.5 Å². The van der Waals surface area contributed by atoms with Crippen molar-refractivity contribution in [1.82, 2.24) is 4.98 Å². The number of benzene rings is 1. The van der Waals surface area contributed by atoms with Crippen molar-refractivity contribution in [3.8, 4) is 11.8 Å². The molecule has 0 radical (unpaired) electrons. The van der Waals surface area contributed by atoms with Gasteiger partial charge in [-0.3, -0.25) is 0 Å². The van der Waals surface area contributed by atoms with Gasteiger partial charge in [-0.2, -0.15) is 5.26 Å². The molecule has 3 N–H and O–H groups in total. The second-order valence-corrected chi connectivity index (χ2v) is 4.11. The van der Waals surface area contributed by atoms with E-state index in [1.165, 1.54) is 6.20 Å². The smallest absolute Gasteiger partial charge is 0.154 e. The number of aromatic nitrogens is 1. The van der Waals surface area contributed by atoms with Crippen molar-refractivity contribution in [2.45, 2.75) is 0 Å². The maximum Gasteiger partial charge on any atom is 0.154 e. The van der Waals surface area contributed by atoms with Gasteiger partial charge in [0.1, 0.15) is 11.8 Å². The minimum Gasteiger partial charge on any atom is -0.497 e. The lowest BCUT2D eigenvalue weighted by Crippen LogP contribution is -2.01. The molecule has 19 heavy (non-hydrogen) atoms. The third-order valence-electron chi connectivity index (χ3n) is 2.54. The van der Waals surface area contributed by atoms with Gasteiger partial charge in [0.25, 0.3) is 0 Å². The number of rotatable bonds is 3. The van der Waals surface area contributed by atoms with E-state index in [2.05, 4.69) is 10.3 Å². The van der Waals surface area contributed by atoms with Gasteiger partial charge in [0.2, 0.25) is 0 Å². The van der Waals surface area contributed by atoms with Crippen LogP contribution >= 0.6 is 11.6 Å². The highest BCUT2D eigenvalue weighted by Gasteiger charge is 2.09. The molecule has 0 unspecified atom stereocenters. The second kappa shape index (κ2) is 5.46. The third kappa shape index (κ3) is 2.69. The molecule has 0 saturated heterocycles. The highest BCUT2D eigenvalue weighted by molar-refractivity contribution is 6.33. The van der Waals surface area contributed by atoms with Gasteiger partial charge in [-0.1, -0.05) is 11.6 Å². The number of halogens is 1. The first kappa shape index (κ1) is 13.0. The van der Waals surface area contributed by atoms with Gasteiger partial charge in [0, 0.05) is 12.3 Å². The SMILES string of the molecule is COc1ccc(Cl)c(Nc2nccc(C#N)c2N)c1. The average molecular weight is 275 g/mol. The zero-order chi connectivity index (χ0) is 13.8. The van der Waals surface area contributed by atoms with E-state index in [-0.39, 0.29) is 5.69 Å². The van der Waals surface area contributed by atoms with Crippen molar-refractivity contribution >= 4 is 28.8 Å². The predicted octanol–water partition coefficient (Wildman–Crippen LogP) is 2.94. The summed E-state index contributed by atoms with van der Waals surface area (Å²) in [5.74, 6) is 1.04. The van der Waals surface area contributed by atoms with Gasteiger partial charge in [0.15, 0.2) is 5.82 Å². The molecule has 96 valence electrons. The largest absolute Gasteiger partial charge is 0.497 e. The monoisotopic (exact) mass is 274 g/mol. The van der Waals surface area contributed by atoms with E-state index in [9.17, 15) is 0 Å². The molecule has 0 bridgehead atoms. The van der Waals surface area contributed by atoms with Gasteiger partial charge in [0.05, 0.1) is 29.1 Å². The molecule has 2 rings (SSSR count). The summed E-state index contributed by atoms with van der Waals surface area (Å²) < 4.78 is 5.12. The molecule has 0 aliphatic heterocycles. The van der Waals surface area contributed by atoms with Crippen LogP contribution in [0.1, 0.15) is 5.56 Å². The number of methoxy groups -OCH3 is 1. The average Bonchev–Trinajstić information content (AvgIpc) is 2.43. The van der Waals surface area contributed by atoms with E-state index >= 15 is 0 Å². The molecular weight excluding hydrogens is 264 g/mol. The molecule has 2 aromatic rings. The molecule has 0 spiro atoms. The minimum absolute atomic E-state index is 0.281. The number of nitriles is 1. The molecule has 5 nitrogen and oxygen atoms in total. The topological polar surface area (TPSA) is 84.0 Å². The lowest BCUT2D eigenvalue weighted by molar-refractivity contribution is 0.415. The molecule has 0 aliphatic rings. The van der Waals surface area contributed by atoms with Crippen molar-refractivity contribution in [1.29, 1.82) is 5.26 Å². The van der Waals surface area contributed by atoms with Crippen molar-refractivity contribution in [3.63, 3.8) is 0 Å². The highest BCUT2D eigenvalue weighted by atomic mass is 35.5. The van der Waals surface area contributed by atoms with Gasteiger partial charge in [-0.25, -0.2) is 4.98 Å². The van der Waals surface area contributed by atoms with E-state index in [1.54, 1.807) is 31.4 Å². The Bertz CT molecular complexity index is 652. The van der Waals surface area contributed by atoms with E-state index < -0.39 is 0 Å². The normalized spacial score (nSPS) is 9.74. The van der Waals surface area contributed by atoms with Crippen LogP contribution in [0.2, 0.25) is 5.02 Å². The maximum atomic E-state index is 8.91. The highest BCUT2D eigenvalue weighted by Crippen LogP contribution is 2.31. The summed E-state index contributed by atoms with van der Waals surface area (Å²) >= 11 is 6.08. The number of nitrogens with zero attached hydrogens (tertiary/aromatic N) is 2. The zero-order valence-corrected chi connectivity index (χ0v) is 10.9. The van der Waals surface area contributed by atoms with Gasteiger partial charge in [-0.05, 0) is 18.2 Å². The summed E-state index contributed by atoms with van der Waals surface area (Å²) in [5.41, 5.74) is 7.09. The zero-order valence-electron chi connectivity index (χ0n) is 10.1. The summed E-state index contributed by atoms with van der Waals surface area (Å²) in [6.45, 7) is 0. The predicted molar refractivity (Wildman–Crippen MR) is 74.7 cm³/mol.